The largest absolute Gasteiger partial charge is 0.370 e. The summed E-state index contributed by atoms with van der Waals surface area (Å²) in [7, 11) is 0. The normalized spacial score (nSPS) is 9.00. The third kappa shape index (κ3) is 8.96. The van der Waals surface area contributed by atoms with Gasteiger partial charge in [0.15, 0.2) is 0 Å². The number of rotatable bonds is 6. The molecule has 0 aliphatic rings. The van der Waals surface area contributed by atoms with E-state index < -0.39 is 0 Å². The number of nitriles is 1. The highest BCUT2D eigenvalue weighted by Gasteiger charge is 1.93. The Morgan fingerprint density at radius 2 is 1.91 bits per heavy atom. The summed E-state index contributed by atoms with van der Waals surface area (Å²) in [4.78, 5) is 10.3. The van der Waals surface area contributed by atoms with Gasteiger partial charge in [0.2, 0.25) is 5.91 Å². The number of unbranched alkanes of at least 4 members (excludes halogenated alkanes) is 4. The van der Waals surface area contributed by atoms with Crippen LogP contribution in [-0.2, 0) is 4.79 Å². The number of nitrogens with zero attached hydrogens (tertiary/aromatic N) is 1. The Balaban J connectivity index is 2.92. The van der Waals surface area contributed by atoms with E-state index in [9.17, 15) is 4.79 Å². The molecule has 0 saturated carbocycles. The molecule has 0 bridgehead atoms. The second kappa shape index (κ2) is 7.07. The zero-order valence-electron chi connectivity index (χ0n) is 6.68. The highest BCUT2D eigenvalue weighted by Crippen LogP contribution is 2.03. The van der Waals surface area contributed by atoms with E-state index >= 15 is 0 Å². The molecule has 0 atom stereocenters. The predicted octanol–water partition coefficient (Wildman–Crippen LogP) is 1.34. The smallest absolute Gasteiger partial charge is 0.217 e. The van der Waals surface area contributed by atoms with Gasteiger partial charge in [-0.1, -0.05) is 12.8 Å². The van der Waals surface area contributed by atoms with Crippen molar-refractivity contribution in [2.45, 2.75) is 38.5 Å². The zero-order valence-corrected chi connectivity index (χ0v) is 6.68. The van der Waals surface area contributed by atoms with Gasteiger partial charge in [0.1, 0.15) is 0 Å². The molecule has 0 aromatic heterocycles. The molecule has 0 radical (unpaired) electrons. The van der Waals surface area contributed by atoms with Gasteiger partial charge in [-0.25, -0.2) is 0 Å². The summed E-state index contributed by atoms with van der Waals surface area (Å²) in [6.07, 6.45) is 4.94. The maximum Gasteiger partial charge on any atom is 0.217 e. The minimum Gasteiger partial charge on any atom is -0.370 e. The lowest BCUT2D eigenvalue weighted by Crippen LogP contribution is -2.09. The van der Waals surface area contributed by atoms with Crippen LogP contribution in [0.1, 0.15) is 38.5 Å². The third-order valence-electron chi connectivity index (χ3n) is 1.46. The Kier molecular flexibility index (Phi) is 6.40. The van der Waals surface area contributed by atoms with Crippen molar-refractivity contribution in [2.24, 2.45) is 5.73 Å². The van der Waals surface area contributed by atoms with E-state index in [1.54, 1.807) is 0 Å². The second-order valence-corrected chi connectivity index (χ2v) is 2.54. The molecular weight excluding hydrogens is 140 g/mol. The molecule has 0 heterocycles. The monoisotopic (exact) mass is 154 g/mol. The topological polar surface area (TPSA) is 66.9 Å². The lowest BCUT2D eigenvalue weighted by Gasteiger charge is -1.95. The maximum absolute atomic E-state index is 10.3. The van der Waals surface area contributed by atoms with Crippen LogP contribution < -0.4 is 5.73 Å². The Labute approximate surface area is 67.2 Å². The number of hydrogen-bond acceptors (Lipinski definition) is 2. The van der Waals surface area contributed by atoms with E-state index in [2.05, 4.69) is 6.07 Å². The summed E-state index contributed by atoms with van der Waals surface area (Å²) in [5.74, 6) is -0.231. The SMILES string of the molecule is N#CCCCCCCC(N)=O. The summed E-state index contributed by atoms with van der Waals surface area (Å²) in [5, 5.41) is 8.19. The van der Waals surface area contributed by atoms with E-state index in [0.29, 0.717) is 12.8 Å². The minimum absolute atomic E-state index is 0.231. The predicted molar refractivity (Wildman–Crippen MR) is 42.5 cm³/mol. The molecule has 3 heteroatoms. The Morgan fingerprint density at radius 3 is 2.45 bits per heavy atom. The Bertz CT molecular complexity index is 149. The van der Waals surface area contributed by atoms with Gasteiger partial charge < -0.3 is 5.73 Å². The number of hydrogen-bond donors (Lipinski definition) is 1. The van der Waals surface area contributed by atoms with Crippen LogP contribution in [0.5, 0.6) is 0 Å². The molecule has 0 spiro atoms. The molecule has 0 rings (SSSR count). The van der Waals surface area contributed by atoms with Gasteiger partial charge in [0.25, 0.3) is 0 Å². The van der Waals surface area contributed by atoms with Crippen molar-refractivity contribution < 1.29 is 4.79 Å². The van der Waals surface area contributed by atoms with Crippen molar-refractivity contribution in [3.05, 3.63) is 0 Å². The van der Waals surface area contributed by atoms with Crippen LogP contribution >= 0.6 is 0 Å². The summed E-state index contributed by atoms with van der Waals surface area (Å²) < 4.78 is 0. The zero-order chi connectivity index (χ0) is 8.53. The fraction of sp³-hybridized carbons (Fsp3) is 0.750. The van der Waals surface area contributed by atoms with Crippen molar-refractivity contribution in [3.8, 4) is 6.07 Å². The number of primary amides is 1. The Morgan fingerprint density at radius 1 is 1.27 bits per heavy atom. The number of carbonyl (C=O) groups is 1. The van der Waals surface area contributed by atoms with Crippen molar-refractivity contribution >= 4 is 5.91 Å². The quantitative estimate of drug-likeness (QED) is 0.586. The summed E-state index contributed by atoms with van der Waals surface area (Å²) in [6, 6.07) is 2.08. The van der Waals surface area contributed by atoms with E-state index in [1.165, 1.54) is 0 Å². The van der Waals surface area contributed by atoms with Crippen molar-refractivity contribution in [3.63, 3.8) is 0 Å². The first-order valence-corrected chi connectivity index (χ1v) is 3.92. The summed E-state index contributed by atoms with van der Waals surface area (Å²) >= 11 is 0. The first-order valence-electron chi connectivity index (χ1n) is 3.92. The van der Waals surface area contributed by atoms with E-state index in [0.717, 1.165) is 25.7 Å². The van der Waals surface area contributed by atoms with Crippen LogP contribution in [0.3, 0.4) is 0 Å². The molecule has 0 saturated heterocycles. The Hall–Kier alpha value is -1.04. The highest BCUT2D eigenvalue weighted by atomic mass is 16.1. The molecule has 0 unspecified atom stereocenters. The van der Waals surface area contributed by atoms with Gasteiger partial charge in [-0.2, -0.15) is 5.26 Å². The van der Waals surface area contributed by atoms with Crippen LogP contribution in [0.25, 0.3) is 0 Å². The van der Waals surface area contributed by atoms with Gasteiger partial charge in [0, 0.05) is 12.8 Å². The average Bonchev–Trinajstić information content (AvgIpc) is 1.96. The average molecular weight is 154 g/mol. The fourth-order valence-corrected chi connectivity index (χ4v) is 0.857. The molecule has 0 fully saturated rings. The first kappa shape index (κ1) is 9.96. The standard InChI is InChI=1S/C8H14N2O/c9-7-5-3-1-2-4-6-8(10)11/h1-6H2,(H2,10,11). The van der Waals surface area contributed by atoms with Gasteiger partial charge in [-0.05, 0) is 12.8 Å². The minimum atomic E-state index is -0.231. The van der Waals surface area contributed by atoms with Gasteiger partial charge in [0.05, 0.1) is 6.07 Å². The molecule has 62 valence electrons. The lowest BCUT2D eigenvalue weighted by molar-refractivity contribution is -0.118. The molecule has 2 N–H and O–H groups in total. The molecule has 0 aliphatic heterocycles. The summed E-state index contributed by atoms with van der Waals surface area (Å²) in [6.45, 7) is 0. The number of carbonyl (C=O) groups excluding carboxylic acids is 1. The van der Waals surface area contributed by atoms with Crippen molar-refractivity contribution in [2.75, 3.05) is 0 Å². The molecule has 0 aliphatic carbocycles. The van der Waals surface area contributed by atoms with Gasteiger partial charge in [-0.15, -0.1) is 0 Å². The van der Waals surface area contributed by atoms with E-state index in [-0.39, 0.29) is 5.91 Å². The lowest BCUT2D eigenvalue weighted by atomic mass is 10.1. The second-order valence-electron chi connectivity index (χ2n) is 2.54. The first-order chi connectivity index (χ1) is 5.27. The van der Waals surface area contributed by atoms with Crippen LogP contribution in [0.15, 0.2) is 0 Å². The maximum atomic E-state index is 10.3. The van der Waals surface area contributed by atoms with Crippen LogP contribution in [0.2, 0.25) is 0 Å². The molecule has 0 aromatic carbocycles. The summed E-state index contributed by atoms with van der Waals surface area (Å²) in [5.41, 5.74) is 4.94. The molecular formula is C8H14N2O. The van der Waals surface area contributed by atoms with Crippen LogP contribution in [0, 0.1) is 11.3 Å². The van der Waals surface area contributed by atoms with E-state index in [4.69, 9.17) is 11.0 Å². The van der Waals surface area contributed by atoms with Crippen LogP contribution in [0.4, 0.5) is 0 Å². The molecule has 0 aromatic rings. The van der Waals surface area contributed by atoms with E-state index in [1.807, 2.05) is 0 Å². The third-order valence-corrected chi connectivity index (χ3v) is 1.46. The highest BCUT2D eigenvalue weighted by molar-refractivity contribution is 5.73. The van der Waals surface area contributed by atoms with Crippen molar-refractivity contribution in [1.82, 2.24) is 0 Å². The number of nitrogens with two attached hydrogens (primary N) is 1. The molecule has 1 amide bonds. The molecule has 3 nitrogen and oxygen atoms in total. The van der Waals surface area contributed by atoms with Crippen LogP contribution in [-0.4, -0.2) is 5.91 Å². The fourth-order valence-electron chi connectivity index (χ4n) is 0.857. The number of amides is 1. The molecule has 11 heavy (non-hydrogen) atoms. The van der Waals surface area contributed by atoms with Gasteiger partial charge >= 0.3 is 0 Å². The van der Waals surface area contributed by atoms with Crippen molar-refractivity contribution in [1.29, 1.82) is 5.26 Å². The van der Waals surface area contributed by atoms with Gasteiger partial charge in [-0.3, -0.25) is 4.79 Å².